The fourth-order valence-corrected chi connectivity index (χ4v) is 3.33. The molecule has 0 spiro atoms. The van der Waals surface area contributed by atoms with Gasteiger partial charge in [-0.15, -0.1) is 11.8 Å². The number of thioether (sulfide) groups is 1. The Labute approximate surface area is 128 Å². The Balaban J connectivity index is 2.21. The van der Waals surface area contributed by atoms with Crippen molar-refractivity contribution in [3.05, 3.63) is 29.8 Å². The Kier molecular flexibility index (Phi) is 3.88. The molecule has 0 amide bonds. The van der Waals surface area contributed by atoms with Gasteiger partial charge in [-0.25, -0.2) is 0 Å². The van der Waals surface area contributed by atoms with Crippen LogP contribution in [0.15, 0.2) is 29.2 Å². The third-order valence-electron chi connectivity index (χ3n) is 3.72. The summed E-state index contributed by atoms with van der Waals surface area (Å²) in [6, 6.07) is 8.25. The van der Waals surface area contributed by atoms with E-state index >= 15 is 0 Å². The molecule has 110 valence electrons. The molecule has 2 heterocycles. The van der Waals surface area contributed by atoms with Gasteiger partial charge in [-0.1, -0.05) is 18.2 Å². The number of nitrogen functional groups attached to an aromatic ring is 1. The second kappa shape index (κ2) is 5.81. The Morgan fingerprint density at radius 2 is 2.19 bits per heavy atom. The van der Waals surface area contributed by atoms with Gasteiger partial charge in [0.1, 0.15) is 5.82 Å². The predicted octanol–water partition coefficient (Wildman–Crippen LogP) is 2.76. The highest BCUT2D eigenvalue weighted by molar-refractivity contribution is 7.98. The summed E-state index contributed by atoms with van der Waals surface area (Å²) in [7, 11) is 0. The standard InChI is InChI=1S/C15H19N5S/c1-21-12-8-3-2-6-10(12)13-11-7-4-5-9-18-14(11)20(19-13)15(16)17/h2-3,6,8,18H,4-5,7,9H2,1H3,(H3,16,17). The van der Waals surface area contributed by atoms with Crippen LogP contribution in [-0.4, -0.2) is 28.5 Å². The van der Waals surface area contributed by atoms with E-state index in [4.69, 9.17) is 11.1 Å². The van der Waals surface area contributed by atoms with Crippen molar-refractivity contribution in [1.82, 2.24) is 9.78 Å². The van der Waals surface area contributed by atoms with Crippen molar-refractivity contribution < 1.29 is 0 Å². The van der Waals surface area contributed by atoms with Gasteiger partial charge in [0.25, 0.3) is 0 Å². The lowest BCUT2D eigenvalue weighted by Gasteiger charge is -2.07. The van der Waals surface area contributed by atoms with Gasteiger partial charge < -0.3 is 11.1 Å². The Bertz CT molecular complexity index is 677. The molecule has 1 aliphatic heterocycles. The number of nitrogens with one attached hydrogen (secondary N) is 2. The summed E-state index contributed by atoms with van der Waals surface area (Å²) in [4.78, 5) is 1.19. The first-order valence-corrected chi connectivity index (χ1v) is 8.28. The zero-order valence-corrected chi connectivity index (χ0v) is 12.8. The zero-order chi connectivity index (χ0) is 14.8. The maximum atomic E-state index is 7.75. The van der Waals surface area contributed by atoms with Crippen LogP contribution in [0.25, 0.3) is 11.3 Å². The average Bonchev–Trinajstić information content (AvgIpc) is 2.69. The quantitative estimate of drug-likeness (QED) is 0.453. The highest BCUT2D eigenvalue weighted by Gasteiger charge is 2.23. The summed E-state index contributed by atoms with van der Waals surface area (Å²) >= 11 is 1.71. The molecule has 0 fully saturated rings. The van der Waals surface area contributed by atoms with Gasteiger partial charge >= 0.3 is 0 Å². The molecule has 0 unspecified atom stereocenters. The van der Waals surface area contributed by atoms with Gasteiger partial charge in [0.05, 0.1) is 5.69 Å². The third-order valence-corrected chi connectivity index (χ3v) is 4.52. The van der Waals surface area contributed by atoms with E-state index in [1.807, 2.05) is 12.1 Å². The molecule has 0 bridgehead atoms. The molecule has 1 aromatic carbocycles. The largest absolute Gasteiger partial charge is 0.370 e. The maximum absolute atomic E-state index is 7.75. The lowest BCUT2D eigenvalue weighted by atomic mass is 10.0. The van der Waals surface area contributed by atoms with Crippen molar-refractivity contribution >= 4 is 23.5 Å². The summed E-state index contributed by atoms with van der Waals surface area (Å²) in [5.74, 6) is 0.833. The van der Waals surface area contributed by atoms with Crippen LogP contribution in [0.4, 0.5) is 5.82 Å². The van der Waals surface area contributed by atoms with Gasteiger partial charge in [0, 0.05) is 22.6 Å². The minimum atomic E-state index is -0.0477. The minimum Gasteiger partial charge on any atom is -0.370 e. The van der Waals surface area contributed by atoms with Crippen LogP contribution in [0, 0.1) is 5.41 Å². The van der Waals surface area contributed by atoms with Gasteiger partial charge in [-0.2, -0.15) is 9.78 Å². The van der Waals surface area contributed by atoms with Crippen molar-refractivity contribution in [3.63, 3.8) is 0 Å². The van der Waals surface area contributed by atoms with E-state index in [-0.39, 0.29) is 5.96 Å². The number of nitrogens with two attached hydrogens (primary N) is 1. The van der Waals surface area contributed by atoms with Crippen LogP contribution >= 0.6 is 11.8 Å². The number of rotatable bonds is 2. The number of aromatic nitrogens is 2. The summed E-state index contributed by atoms with van der Waals surface area (Å²) in [6.07, 6.45) is 5.28. The van der Waals surface area contributed by atoms with Crippen molar-refractivity contribution in [2.45, 2.75) is 24.2 Å². The maximum Gasteiger partial charge on any atom is 0.215 e. The topological polar surface area (TPSA) is 79.7 Å². The van der Waals surface area contributed by atoms with Crippen molar-refractivity contribution in [3.8, 4) is 11.3 Å². The normalized spacial score (nSPS) is 14.1. The zero-order valence-electron chi connectivity index (χ0n) is 12.0. The van der Waals surface area contributed by atoms with Gasteiger partial charge in [-0.3, -0.25) is 5.41 Å². The van der Waals surface area contributed by atoms with Crippen LogP contribution < -0.4 is 11.1 Å². The third kappa shape index (κ3) is 2.51. The minimum absolute atomic E-state index is 0.0477. The molecular formula is C15H19N5S. The number of hydrogen-bond acceptors (Lipinski definition) is 4. The lowest BCUT2D eigenvalue weighted by Crippen LogP contribution is -2.24. The Hall–Kier alpha value is -1.95. The summed E-state index contributed by atoms with van der Waals surface area (Å²) in [6.45, 7) is 0.898. The number of anilines is 1. The SMILES string of the molecule is CSc1ccccc1-c1nn(C(=N)N)c2c1CCCCN2. The molecule has 0 radical (unpaired) electrons. The highest BCUT2D eigenvalue weighted by atomic mass is 32.2. The van der Waals surface area contributed by atoms with E-state index in [1.54, 1.807) is 11.8 Å². The van der Waals surface area contributed by atoms with E-state index in [0.29, 0.717) is 0 Å². The first-order valence-electron chi connectivity index (χ1n) is 7.06. The van der Waals surface area contributed by atoms with E-state index in [9.17, 15) is 0 Å². The van der Waals surface area contributed by atoms with Crippen LogP contribution in [-0.2, 0) is 6.42 Å². The van der Waals surface area contributed by atoms with E-state index in [0.717, 1.165) is 42.9 Å². The van der Waals surface area contributed by atoms with Crippen LogP contribution in [0.2, 0.25) is 0 Å². The second-order valence-electron chi connectivity index (χ2n) is 5.06. The molecule has 6 heteroatoms. The van der Waals surface area contributed by atoms with Gasteiger partial charge in [0.15, 0.2) is 0 Å². The smallest absolute Gasteiger partial charge is 0.215 e. The molecule has 3 rings (SSSR count). The van der Waals surface area contributed by atoms with Gasteiger partial charge in [0.2, 0.25) is 5.96 Å². The molecule has 0 aliphatic carbocycles. The highest BCUT2D eigenvalue weighted by Crippen LogP contribution is 2.36. The average molecular weight is 301 g/mol. The first-order chi connectivity index (χ1) is 10.2. The molecule has 5 nitrogen and oxygen atoms in total. The first kappa shape index (κ1) is 14.0. The van der Waals surface area contributed by atoms with E-state index < -0.39 is 0 Å². The number of hydrogen-bond donors (Lipinski definition) is 3. The van der Waals surface area contributed by atoms with Crippen LogP contribution in [0.5, 0.6) is 0 Å². The van der Waals surface area contributed by atoms with Crippen molar-refractivity contribution in [2.75, 3.05) is 18.1 Å². The monoisotopic (exact) mass is 301 g/mol. The molecule has 2 aromatic rings. The van der Waals surface area contributed by atoms with E-state index in [2.05, 4.69) is 28.8 Å². The Morgan fingerprint density at radius 1 is 1.38 bits per heavy atom. The molecular weight excluding hydrogens is 282 g/mol. The molecule has 1 aliphatic rings. The van der Waals surface area contributed by atoms with Crippen molar-refractivity contribution in [1.29, 1.82) is 5.41 Å². The molecule has 0 saturated heterocycles. The number of fused-ring (bicyclic) bond motifs is 1. The van der Waals surface area contributed by atoms with Crippen LogP contribution in [0.3, 0.4) is 0 Å². The Morgan fingerprint density at radius 3 is 2.95 bits per heavy atom. The second-order valence-corrected chi connectivity index (χ2v) is 5.91. The summed E-state index contributed by atoms with van der Waals surface area (Å²) in [5, 5.41) is 15.7. The predicted molar refractivity (Wildman–Crippen MR) is 88.2 cm³/mol. The lowest BCUT2D eigenvalue weighted by molar-refractivity contribution is 0.781. The van der Waals surface area contributed by atoms with E-state index in [1.165, 1.54) is 15.1 Å². The molecule has 4 N–H and O–H groups in total. The fraction of sp³-hybridized carbons (Fsp3) is 0.333. The number of benzene rings is 1. The number of nitrogens with zero attached hydrogens (tertiary/aromatic N) is 2. The fourth-order valence-electron chi connectivity index (χ4n) is 2.73. The summed E-state index contributed by atoms with van der Waals surface area (Å²) < 4.78 is 1.52. The van der Waals surface area contributed by atoms with Gasteiger partial charge in [-0.05, 0) is 31.6 Å². The summed E-state index contributed by atoms with van der Waals surface area (Å²) in [5.41, 5.74) is 8.92. The molecule has 21 heavy (non-hydrogen) atoms. The molecule has 1 aromatic heterocycles. The molecule has 0 saturated carbocycles. The van der Waals surface area contributed by atoms with Crippen molar-refractivity contribution in [2.24, 2.45) is 5.73 Å². The van der Waals surface area contributed by atoms with Crippen LogP contribution in [0.1, 0.15) is 18.4 Å². The molecule has 0 atom stereocenters.